The van der Waals surface area contributed by atoms with Crippen LogP contribution in [0.25, 0.3) is 0 Å². The van der Waals surface area contributed by atoms with E-state index in [0.29, 0.717) is 6.10 Å². The minimum absolute atomic E-state index is 0.546. The Labute approximate surface area is 133 Å². The molecular weight excluding hydrogens is 256 g/mol. The maximum atomic E-state index is 6.08. The molecule has 0 N–H and O–H groups in total. The van der Waals surface area contributed by atoms with Crippen LogP contribution in [0.4, 0.5) is 0 Å². The zero-order valence-electron chi connectivity index (χ0n) is 14.9. The van der Waals surface area contributed by atoms with Gasteiger partial charge in [0.2, 0.25) is 0 Å². The molecule has 1 saturated carbocycles. The van der Waals surface area contributed by atoms with Gasteiger partial charge in [0.15, 0.2) is 0 Å². The van der Waals surface area contributed by atoms with Crippen molar-refractivity contribution in [3.63, 3.8) is 0 Å². The van der Waals surface area contributed by atoms with Gasteiger partial charge in [-0.25, -0.2) is 0 Å². The predicted octanol–water partition coefficient (Wildman–Crippen LogP) is 6.07. The fourth-order valence-corrected chi connectivity index (χ4v) is 4.55. The molecule has 1 heteroatoms. The third-order valence-corrected chi connectivity index (χ3v) is 6.42. The minimum Gasteiger partial charge on any atom is -0.378 e. The summed E-state index contributed by atoms with van der Waals surface area (Å²) in [7, 11) is 0. The lowest BCUT2D eigenvalue weighted by Crippen LogP contribution is -2.30. The predicted molar refractivity (Wildman–Crippen MR) is 91.4 cm³/mol. The average molecular weight is 295 g/mol. The zero-order valence-corrected chi connectivity index (χ0v) is 14.9. The van der Waals surface area contributed by atoms with Gasteiger partial charge in [-0.1, -0.05) is 47.0 Å². The molecule has 1 heterocycles. The monoisotopic (exact) mass is 294 g/mol. The van der Waals surface area contributed by atoms with Crippen LogP contribution in [0.3, 0.4) is 0 Å². The molecule has 0 spiro atoms. The van der Waals surface area contributed by atoms with E-state index >= 15 is 0 Å². The highest BCUT2D eigenvalue weighted by Gasteiger charge is 2.28. The Morgan fingerprint density at radius 3 is 2.14 bits per heavy atom. The van der Waals surface area contributed by atoms with Crippen molar-refractivity contribution in [3.05, 3.63) is 0 Å². The molecule has 0 aromatic carbocycles. The summed E-state index contributed by atoms with van der Waals surface area (Å²) in [6.45, 7) is 10.6. The highest BCUT2D eigenvalue weighted by molar-refractivity contribution is 4.78. The first-order chi connectivity index (χ1) is 10.1. The van der Waals surface area contributed by atoms with E-state index in [1.165, 1.54) is 57.8 Å². The van der Waals surface area contributed by atoms with E-state index in [9.17, 15) is 0 Å². The van der Waals surface area contributed by atoms with Gasteiger partial charge < -0.3 is 4.74 Å². The van der Waals surface area contributed by atoms with Crippen LogP contribution in [-0.2, 0) is 4.74 Å². The second-order valence-electron chi connectivity index (χ2n) is 8.30. The minimum atomic E-state index is 0.546. The van der Waals surface area contributed by atoms with Crippen molar-refractivity contribution in [2.75, 3.05) is 6.61 Å². The molecule has 124 valence electrons. The van der Waals surface area contributed by atoms with Crippen LogP contribution >= 0.6 is 0 Å². The molecule has 4 unspecified atom stereocenters. The van der Waals surface area contributed by atoms with Crippen LogP contribution in [0.5, 0.6) is 0 Å². The summed E-state index contributed by atoms with van der Waals surface area (Å²) in [5.74, 6) is 4.51. The molecule has 0 aromatic heterocycles. The van der Waals surface area contributed by atoms with Gasteiger partial charge in [0, 0.05) is 6.61 Å². The first kappa shape index (κ1) is 17.3. The zero-order chi connectivity index (χ0) is 15.2. The van der Waals surface area contributed by atoms with Gasteiger partial charge in [0.05, 0.1) is 6.10 Å². The third kappa shape index (κ3) is 5.27. The molecule has 1 saturated heterocycles. The summed E-state index contributed by atoms with van der Waals surface area (Å²) in [5, 5.41) is 0. The molecule has 0 amide bonds. The molecule has 0 radical (unpaired) electrons. The molecule has 0 aromatic rings. The normalized spacial score (nSPS) is 37.1. The lowest BCUT2D eigenvalue weighted by atomic mass is 9.73. The second kappa shape index (κ2) is 8.56. The summed E-state index contributed by atoms with van der Waals surface area (Å²) in [6.07, 6.45) is 13.3. The number of hydrogen-bond donors (Lipinski definition) is 0. The summed E-state index contributed by atoms with van der Waals surface area (Å²) in [4.78, 5) is 0. The number of hydrogen-bond acceptors (Lipinski definition) is 1. The maximum absolute atomic E-state index is 6.08. The summed E-state index contributed by atoms with van der Waals surface area (Å²) in [6, 6.07) is 0. The van der Waals surface area contributed by atoms with Gasteiger partial charge in [-0.05, 0) is 68.1 Å². The largest absolute Gasteiger partial charge is 0.378 e. The Morgan fingerprint density at radius 1 is 0.905 bits per heavy atom. The van der Waals surface area contributed by atoms with E-state index in [1.807, 2.05) is 0 Å². The van der Waals surface area contributed by atoms with Crippen LogP contribution in [0.1, 0.15) is 85.5 Å². The van der Waals surface area contributed by atoms with Crippen LogP contribution in [0, 0.1) is 29.6 Å². The van der Waals surface area contributed by atoms with Gasteiger partial charge in [-0.3, -0.25) is 0 Å². The molecule has 1 aliphatic carbocycles. The highest BCUT2D eigenvalue weighted by Crippen LogP contribution is 2.37. The van der Waals surface area contributed by atoms with Crippen molar-refractivity contribution in [2.45, 2.75) is 91.6 Å². The van der Waals surface area contributed by atoms with E-state index in [2.05, 4.69) is 27.7 Å². The molecule has 2 rings (SSSR count). The van der Waals surface area contributed by atoms with Crippen molar-refractivity contribution < 1.29 is 4.74 Å². The first-order valence-electron chi connectivity index (χ1n) is 9.71. The highest BCUT2D eigenvalue weighted by atomic mass is 16.5. The van der Waals surface area contributed by atoms with Crippen molar-refractivity contribution in [2.24, 2.45) is 29.6 Å². The van der Waals surface area contributed by atoms with Crippen molar-refractivity contribution >= 4 is 0 Å². The average Bonchev–Trinajstić information content (AvgIpc) is 2.50. The van der Waals surface area contributed by atoms with E-state index in [1.54, 1.807) is 0 Å². The Kier molecular flexibility index (Phi) is 7.05. The molecule has 2 fully saturated rings. The van der Waals surface area contributed by atoms with E-state index in [0.717, 1.165) is 36.2 Å². The smallest absolute Gasteiger partial charge is 0.0600 e. The maximum Gasteiger partial charge on any atom is 0.0600 e. The SMILES string of the molecule is CCC(CCC(C)C1CCC(C)CO1)C1CCC(C)CC1. The summed E-state index contributed by atoms with van der Waals surface area (Å²) >= 11 is 0. The van der Waals surface area contributed by atoms with Crippen LogP contribution in [-0.4, -0.2) is 12.7 Å². The molecule has 4 atom stereocenters. The van der Waals surface area contributed by atoms with Crippen molar-refractivity contribution in [1.29, 1.82) is 0 Å². The molecule has 1 aliphatic heterocycles. The van der Waals surface area contributed by atoms with Gasteiger partial charge in [-0.2, -0.15) is 0 Å². The fourth-order valence-electron chi connectivity index (χ4n) is 4.55. The van der Waals surface area contributed by atoms with Gasteiger partial charge in [-0.15, -0.1) is 0 Å². The standard InChI is InChI=1S/C20H38O/c1-5-18(19-10-6-15(2)7-11-19)12-9-17(4)20-13-8-16(3)14-21-20/h15-20H,5-14H2,1-4H3. The first-order valence-corrected chi connectivity index (χ1v) is 9.71. The lowest BCUT2D eigenvalue weighted by molar-refractivity contribution is -0.0426. The van der Waals surface area contributed by atoms with Gasteiger partial charge in [0.1, 0.15) is 0 Å². The Morgan fingerprint density at radius 2 is 1.57 bits per heavy atom. The summed E-state index contributed by atoms with van der Waals surface area (Å²) in [5.41, 5.74) is 0. The van der Waals surface area contributed by atoms with E-state index < -0.39 is 0 Å². The van der Waals surface area contributed by atoms with Crippen molar-refractivity contribution in [1.82, 2.24) is 0 Å². The van der Waals surface area contributed by atoms with Crippen LogP contribution in [0.15, 0.2) is 0 Å². The van der Waals surface area contributed by atoms with Crippen molar-refractivity contribution in [3.8, 4) is 0 Å². The number of ether oxygens (including phenoxy) is 1. The summed E-state index contributed by atoms with van der Waals surface area (Å²) < 4.78 is 6.08. The van der Waals surface area contributed by atoms with E-state index in [-0.39, 0.29) is 0 Å². The van der Waals surface area contributed by atoms with Crippen LogP contribution < -0.4 is 0 Å². The van der Waals surface area contributed by atoms with E-state index in [4.69, 9.17) is 4.74 Å². The quantitative estimate of drug-likeness (QED) is 0.577. The molecule has 21 heavy (non-hydrogen) atoms. The van der Waals surface area contributed by atoms with Crippen LogP contribution in [0.2, 0.25) is 0 Å². The Bertz CT molecular complexity index is 272. The third-order valence-electron chi connectivity index (χ3n) is 6.42. The molecule has 0 bridgehead atoms. The lowest BCUT2D eigenvalue weighted by Gasteiger charge is -2.35. The number of rotatable bonds is 6. The topological polar surface area (TPSA) is 9.23 Å². The van der Waals surface area contributed by atoms with Gasteiger partial charge >= 0.3 is 0 Å². The Hall–Kier alpha value is -0.0400. The molecule has 2 aliphatic rings. The van der Waals surface area contributed by atoms with Gasteiger partial charge in [0.25, 0.3) is 0 Å². The molecule has 1 nitrogen and oxygen atoms in total. The second-order valence-corrected chi connectivity index (χ2v) is 8.30. The molecular formula is C20H38O. The fraction of sp³-hybridized carbons (Fsp3) is 1.00. The Balaban J connectivity index is 1.72.